The minimum Gasteiger partial charge on any atom is -0.498 e. The monoisotopic (exact) mass is 247 g/mol. The van der Waals surface area contributed by atoms with Crippen molar-refractivity contribution in [1.82, 2.24) is 4.98 Å². The third-order valence-electron chi connectivity index (χ3n) is 3.38. The molecule has 0 aliphatic carbocycles. The minimum absolute atomic E-state index is 0.425. The normalized spacial score (nSPS) is 15.3. The molecular weight excluding hydrogens is 226 g/mol. The Bertz CT molecular complexity index is 439. The summed E-state index contributed by atoms with van der Waals surface area (Å²) >= 11 is 0. The SMILES string of the molecule is C=C(OCC)C1CN(c2cc(CC)c(N)cn2)C1. The summed E-state index contributed by atoms with van der Waals surface area (Å²) in [4.78, 5) is 6.61. The van der Waals surface area contributed by atoms with Gasteiger partial charge in [0.05, 0.1) is 30.2 Å². The predicted octanol–water partition coefficient (Wildman–Crippen LogP) is 2.21. The molecule has 0 unspecified atom stereocenters. The summed E-state index contributed by atoms with van der Waals surface area (Å²) in [5, 5.41) is 0. The first kappa shape index (κ1) is 12.7. The topological polar surface area (TPSA) is 51.4 Å². The molecule has 1 aliphatic rings. The highest BCUT2D eigenvalue weighted by Gasteiger charge is 2.30. The lowest BCUT2D eigenvalue weighted by Crippen LogP contribution is -2.48. The standard InChI is InChI=1S/C14H21N3O/c1-4-11-6-14(16-7-13(11)15)17-8-12(9-17)10(3)18-5-2/h6-7,12H,3-5,8-9,15H2,1-2H3. The number of ether oxygens (including phenoxy) is 1. The maximum Gasteiger partial charge on any atom is 0.128 e. The Morgan fingerprint density at radius 1 is 1.56 bits per heavy atom. The van der Waals surface area contributed by atoms with Gasteiger partial charge in [-0.15, -0.1) is 0 Å². The van der Waals surface area contributed by atoms with E-state index >= 15 is 0 Å². The van der Waals surface area contributed by atoms with Gasteiger partial charge in [-0.25, -0.2) is 4.98 Å². The van der Waals surface area contributed by atoms with E-state index in [1.807, 2.05) is 6.92 Å². The molecule has 98 valence electrons. The molecule has 18 heavy (non-hydrogen) atoms. The molecule has 2 heterocycles. The number of aromatic nitrogens is 1. The van der Waals surface area contributed by atoms with Crippen LogP contribution in [0, 0.1) is 5.92 Å². The third-order valence-corrected chi connectivity index (χ3v) is 3.38. The highest BCUT2D eigenvalue weighted by atomic mass is 16.5. The molecule has 1 aromatic rings. The van der Waals surface area contributed by atoms with E-state index in [4.69, 9.17) is 10.5 Å². The van der Waals surface area contributed by atoms with Gasteiger partial charge in [0.2, 0.25) is 0 Å². The Hall–Kier alpha value is -1.71. The first-order chi connectivity index (χ1) is 8.65. The van der Waals surface area contributed by atoms with Gasteiger partial charge in [-0.3, -0.25) is 0 Å². The highest BCUT2D eigenvalue weighted by molar-refractivity contribution is 5.54. The fourth-order valence-corrected chi connectivity index (χ4v) is 2.15. The largest absolute Gasteiger partial charge is 0.498 e. The zero-order valence-electron chi connectivity index (χ0n) is 11.1. The zero-order chi connectivity index (χ0) is 13.1. The quantitative estimate of drug-likeness (QED) is 0.811. The minimum atomic E-state index is 0.425. The molecule has 2 rings (SSSR count). The molecule has 2 N–H and O–H groups in total. The molecule has 0 bridgehead atoms. The Morgan fingerprint density at radius 3 is 2.89 bits per heavy atom. The summed E-state index contributed by atoms with van der Waals surface area (Å²) in [6, 6.07) is 2.08. The Kier molecular flexibility index (Phi) is 3.75. The lowest BCUT2D eigenvalue weighted by molar-refractivity contribution is 0.179. The Morgan fingerprint density at radius 2 is 2.28 bits per heavy atom. The molecular formula is C14H21N3O. The first-order valence-corrected chi connectivity index (χ1v) is 6.46. The average Bonchev–Trinajstić information content (AvgIpc) is 2.29. The number of nitrogens with two attached hydrogens (primary N) is 1. The van der Waals surface area contributed by atoms with E-state index in [0.29, 0.717) is 12.5 Å². The second kappa shape index (κ2) is 5.29. The van der Waals surface area contributed by atoms with Crippen LogP contribution in [0.1, 0.15) is 19.4 Å². The van der Waals surface area contributed by atoms with E-state index in [9.17, 15) is 0 Å². The average molecular weight is 247 g/mol. The van der Waals surface area contributed by atoms with Crippen LogP contribution in [0.5, 0.6) is 0 Å². The van der Waals surface area contributed by atoms with Crippen molar-refractivity contribution in [2.24, 2.45) is 5.92 Å². The maximum absolute atomic E-state index is 5.86. The van der Waals surface area contributed by atoms with E-state index in [1.165, 1.54) is 0 Å². The van der Waals surface area contributed by atoms with E-state index < -0.39 is 0 Å². The number of hydrogen-bond donors (Lipinski definition) is 1. The predicted molar refractivity (Wildman–Crippen MR) is 74.5 cm³/mol. The van der Waals surface area contributed by atoms with Gasteiger partial charge in [-0.2, -0.15) is 0 Å². The summed E-state index contributed by atoms with van der Waals surface area (Å²) in [7, 11) is 0. The van der Waals surface area contributed by atoms with E-state index in [0.717, 1.165) is 42.3 Å². The molecule has 4 nitrogen and oxygen atoms in total. The molecule has 0 saturated carbocycles. The van der Waals surface area contributed by atoms with Gasteiger partial charge >= 0.3 is 0 Å². The van der Waals surface area contributed by atoms with Crippen LogP contribution in [-0.4, -0.2) is 24.7 Å². The number of nitrogens with zero attached hydrogens (tertiary/aromatic N) is 2. The summed E-state index contributed by atoms with van der Waals surface area (Å²) in [6.45, 7) is 10.6. The van der Waals surface area contributed by atoms with Crippen LogP contribution in [0.15, 0.2) is 24.6 Å². The molecule has 1 aromatic heterocycles. The van der Waals surface area contributed by atoms with E-state index in [2.05, 4.69) is 29.5 Å². The van der Waals surface area contributed by atoms with Crippen LogP contribution < -0.4 is 10.6 Å². The fraction of sp³-hybridized carbons (Fsp3) is 0.500. The zero-order valence-corrected chi connectivity index (χ0v) is 11.1. The van der Waals surface area contributed by atoms with Gasteiger partial charge in [0.25, 0.3) is 0 Å². The van der Waals surface area contributed by atoms with Crippen LogP contribution in [0.2, 0.25) is 0 Å². The lowest BCUT2D eigenvalue weighted by atomic mass is 9.98. The van der Waals surface area contributed by atoms with E-state index in [1.54, 1.807) is 6.20 Å². The number of pyridine rings is 1. The summed E-state index contributed by atoms with van der Waals surface area (Å²) in [5.74, 6) is 2.32. The summed E-state index contributed by atoms with van der Waals surface area (Å²) < 4.78 is 5.43. The molecule has 0 atom stereocenters. The Labute approximate surface area is 108 Å². The van der Waals surface area contributed by atoms with E-state index in [-0.39, 0.29) is 0 Å². The Balaban J connectivity index is 1.98. The van der Waals surface area contributed by atoms with Crippen LogP contribution in [0.25, 0.3) is 0 Å². The van der Waals surface area contributed by atoms with Crippen molar-refractivity contribution in [3.05, 3.63) is 30.2 Å². The van der Waals surface area contributed by atoms with Crippen molar-refractivity contribution in [1.29, 1.82) is 0 Å². The van der Waals surface area contributed by atoms with Crippen LogP contribution >= 0.6 is 0 Å². The molecule has 4 heteroatoms. The van der Waals surface area contributed by atoms with Crippen LogP contribution in [-0.2, 0) is 11.2 Å². The van der Waals surface area contributed by atoms with Gasteiger partial charge in [0, 0.05) is 13.1 Å². The molecule has 1 aliphatic heterocycles. The second-order valence-corrected chi connectivity index (χ2v) is 4.60. The number of nitrogen functional groups attached to an aromatic ring is 1. The first-order valence-electron chi connectivity index (χ1n) is 6.46. The van der Waals surface area contributed by atoms with Crippen LogP contribution in [0.3, 0.4) is 0 Å². The van der Waals surface area contributed by atoms with Crippen molar-refractivity contribution >= 4 is 11.5 Å². The van der Waals surface area contributed by atoms with Crippen molar-refractivity contribution < 1.29 is 4.74 Å². The molecule has 0 radical (unpaired) electrons. The van der Waals surface area contributed by atoms with Gasteiger partial charge in [-0.05, 0) is 25.0 Å². The van der Waals surface area contributed by atoms with Gasteiger partial charge in [0.1, 0.15) is 5.82 Å². The molecule has 1 fully saturated rings. The van der Waals surface area contributed by atoms with Gasteiger partial charge < -0.3 is 15.4 Å². The molecule has 1 saturated heterocycles. The number of aryl methyl sites for hydroxylation is 1. The number of anilines is 2. The fourth-order valence-electron chi connectivity index (χ4n) is 2.15. The maximum atomic E-state index is 5.86. The van der Waals surface area contributed by atoms with Gasteiger partial charge in [0.15, 0.2) is 0 Å². The summed E-state index contributed by atoms with van der Waals surface area (Å²) in [6.07, 6.45) is 2.68. The second-order valence-electron chi connectivity index (χ2n) is 4.60. The third kappa shape index (κ3) is 2.42. The summed E-state index contributed by atoms with van der Waals surface area (Å²) in [5.41, 5.74) is 7.79. The smallest absolute Gasteiger partial charge is 0.128 e. The molecule has 0 spiro atoms. The van der Waals surface area contributed by atoms with Crippen molar-refractivity contribution in [2.75, 3.05) is 30.3 Å². The van der Waals surface area contributed by atoms with Gasteiger partial charge in [-0.1, -0.05) is 13.5 Å². The van der Waals surface area contributed by atoms with Crippen molar-refractivity contribution in [3.63, 3.8) is 0 Å². The van der Waals surface area contributed by atoms with Crippen molar-refractivity contribution in [3.8, 4) is 0 Å². The number of hydrogen-bond acceptors (Lipinski definition) is 4. The van der Waals surface area contributed by atoms with Crippen molar-refractivity contribution in [2.45, 2.75) is 20.3 Å². The number of rotatable bonds is 5. The molecule has 0 aromatic carbocycles. The highest BCUT2D eigenvalue weighted by Crippen LogP contribution is 2.29. The molecule has 0 amide bonds. The van der Waals surface area contributed by atoms with Crippen LogP contribution in [0.4, 0.5) is 11.5 Å². The lowest BCUT2D eigenvalue weighted by Gasteiger charge is -2.40.